The van der Waals surface area contributed by atoms with Crippen LogP contribution in [-0.4, -0.2) is 18.6 Å². The number of benzene rings is 2. The molecule has 1 N–H and O–H groups in total. The zero-order chi connectivity index (χ0) is 15.9. The molecule has 0 bridgehead atoms. The zero-order valence-corrected chi connectivity index (χ0v) is 12.8. The summed E-state index contributed by atoms with van der Waals surface area (Å²) < 4.78 is 18.4. The fourth-order valence-electron chi connectivity index (χ4n) is 2.01. The van der Waals surface area contributed by atoms with Gasteiger partial charge in [0.05, 0.1) is 12.5 Å². The molecule has 2 rings (SSSR count). The molecule has 2 aromatic carbocycles. The van der Waals surface area contributed by atoms with Gasteiger partial charge in [-0.3, -0.25) is 4.79 Å². The Balaban J connectivity index is 1.76. The van der Waals surface area contributed by atoms with Gasteiger partial charge in [0.25, 0.3) is 0 Å². The lowest BCUT2D eigenvalue weighted by molar-refractivity contribution is -0.121. The molecule has 0 aromatic heterocycles. The lowest BCUT2D eigenvalue weighted by atomic mass is 10.1. The normalized spacial score (nSPS) is 11.8. The van der Waals surface area contributed by atoms with Crippen LogP contribution in [0.1, 0.15) is 18.1 Å². The molecule has 0 unspecified atom stereocenters. The third-order valence-corrected chi connectivity index (χ3v) is 3.21. The standard InChI is InChI=1S/C18H20FNO2/c1-13-3-9-17(10-4-13)22-12-14(2)20-18(21)11-15-5-7-16(19)8-6-15/h3-10,14H,11-12H2,1-2H3,(H,20,21)/t14-/m1/s1. The van der Waals surface area contributed by atoms with Crippen LogP contribution in [-0.2, 0) is 11.2 Å². The molecule has 0 saturated carbocycles. The van der Waals surface area contributed by atoms with Crippen LogP contribution in [0.3, 0.4) is 0 Å². The van der Waals surface area contributed by atoms with Gasteiger partial charge in [-0.25, -0.2) is 4.39 Å². The highest BCUT2D eigenvalue weighted by Gasteiger charge is 2.09. The van der Waals surface area contributed by atoms with Gasteiger partial charge in [0.15, 0.2) is 0 Å². The molecule has 0 aliphatic rings. The number of aryl methyl sites for hydroxylation is 1. The number of rotatable bonds is 6. The van der Waals surface area contributed by atoms with Crippen LogP contribution in [0.4, 0.5) is 4.39 Å². The van der Waals surface area contributed by atoms with Gasteiger partial charge in [-0.05, 0) is 43.7 Å². The largest absolute Gasteiger partial charge is 0.491 e. The Morgan fingerprint density at radius 2 is 1.77 bits per heavy atom. The molecule has 0 spiro atoms. The zero-order valence-electron chi connectivity index (χ0n) is 12.8. The van der Waals surface area contributed by atoms with Gasteiger partial charge in [-0.1, -0.05) is 29.8 Å². The van der Waals surface area contributed by atoms with Crippen molar-refractivity contribution in [3.8, 4) is 5.75 Å². The van der Waals surface area contributed by atoms with E-state index in [0.717, 1.165) is 11.3 Å². The second kappa shape index (κ2) is 7.59. The first-order valence-electron chi connectivity index (χ1n) is 7.26. The molecule has 4 heteroatoms. The van der Waals surface area contributed by atoms with E-state index < -0.39 is 0 Å². The van der Waals surface area contributed by atoms with Crippen molar-refractivity contribution < 1.29 is 13.9 Å². The van der Waals surface area contributed by atoms with Crippen molar-refractivity contribution in [3.63, 3.8) is 0 Å². The van der Waals surface area contributed by atoms with E-state index in [1.165, 1.54) is 17.7 Å². The molecular formula is C18H20FNO2. The molecule has 1 amide bonds. The highest BCUT2D eigenvalue weighted by molar-refractivity contribution is 5.78. The molecule has 2 aromatic rings. The SMILES string of the molecule is Cc1ccc(OC[C@@H](C)NC(=O)Cc2ccc(F)cc2)cc1. The minimum absolute atomic E-state index is 0.103. The van der Waals surface area contributed by atoms with Crippen LogP contribution < -0.4 is 10.1 Å². The lowest BCUT2D eigenvalue weighted by Gasteiger charge is -2.15. The van der Waals surface area contributed by atoms with Gasteiger partial charge < -0.3 is 10.1 Å². The fourth-order valence-corrected chi connectivity index (χ4v) is 2.01. The Morgan fingerprint density at radius 1 is 1.14 bits per heavy atom. The van der Waals surface area contributed by atoms with Gasteiger partial charge in [0.2, 0.25) is 5.91 Å². The maximum atomic E-state index is 12.8. The monoisotopic (exact) mass is 301 g/mol. The van der Waals surface area contributed by atoms with Crippen molar-refractivity contribution in [3.05, 3.63) is 65.5 Å². The predicted molar refractivity (Wildman–Crippen MR) is 84.4 cm³/mol. The molecule has 22 heavy (non-hydrogen) atoms. The Labute approximate surface area is 130 Å². The Kier molecular flexibility index (Phi) is 5.53. The summed E-state index contributed by atoms with van der Waals surface area (Å²) in [5.74, 6) is 0.376. The summed E-state index contributed by atoms with van der Waals surface area (Å²) >= 11 is 0. The molecule has 0 saturated heterocycles. The molecule has 0 fully saturated rings. The first-order valence-corrected chi connectivity index (χ1v) is 7.26. The van der Waals surface area contributed by atoms with E-state index >= 15 is 0 Å². The van der Waals surface area contributed by atoms with E-state index in [4.69, 9.17) is 4.74 Å². The molecule has 0 heterocycles. The van der Waals surface area contributed by atoms with Gasteiger partial charge >= 0.3 is 0 Å². The third-order valence-electron chi connectivity index (χ3n) is 3.21. The third kappa shape index (κ3) is 5.20. The minimum atomic E-state index is -0.302. The number of ether oxygens (including phenoxy) is 1. The maximum absolute atomic E-state index is 12.8. The van der Waals surface area contributed by atoms with Crippen LogP contribution in [0.25, 0.3) is 0 Å². The van der Waals surface area contributed by atoms with Crippen LogP contribution >= 0.6 is 0 Å². The number of amides is 1. The first kappa shape index (κ1) is 16.0. The van der Waals surface area contributed by atoms with Crippen molar-refractivity contribution in [1.29, 1.82) is 0 Å². The van der Waals surface area contributed by atoms with Crippen molar-refractivity contribution >= 4 is 5.91 Å². The van der Waals surface area contributed by atoms with Crippen molar-refractivity contribution in [2.24, 2.45) is 0 Å². The lowest BCUT2D eigenvalue weighted by Crippen LogP contribution is -2.37. The van der Waals surface area contributed by atoms with E-state index in [1.807, 2.05) is 38.1 Å². The molecule has 3 nitrogen and oxygen atoms in total. The summed E-state index contributed by atoms with van der Waals surface area (Å²) in [6, 6.07) is 13.6. The van der Waals surface area contributed by atoms with Crippen LogP contribution in [0.15, 0.2) is 48.5 Å². The van der Waals surface area contributed by atoms with E-state index in [1.54, 1.807) is 12.1 Å². The number of hydrogen-bond acceptors (Lipinski definition) is 2. The molecule has 0 aliphatic carbocycles. The molecule has 1 atom stereocenters. The van der Waals surface area contributed by atoms with Crippen molar-refractivity contribution in [1.82, 2.24) is 5.32 Å². The first-order chi connectivity index (χ1) is 10.5. The maximum Gasteiger partial charge on any atom is 0.224 e. The summed E-state index contributed by atoms with van der Waals surface area (Å²) in [6.07, 6.45) is 0.231. The second-order valence-corrected chi connectivity index (χ2v) is 5.40. The van der Waals surface area contributed by atoms with E-state index in [9.17, 15) is 9.18 Å². The van der Waals surface area contributed by atoms with Gasteiger partial charge in [0, 0.05) is 0 Å². The topological polar surface area (TPSA) is 38.3 Å². The van der Waals surface area contributed by atoms with Crippen molar-refractivity contribution in [2.75, 3.05) is 6.61 Å². The quantitative estimate of drug-likeness (QED) is 0.889. The fraction of sp³-hybridized carbons (Fsp3) is 0.278. The number of nitrogens with one attached hydrogen (secondary N) is 1. The van der Waals surface area contributed by atoms with Gasteiger partial charge in [0.1, 0.15) is 18.2 Å². The van der Waals surface area contributed by atoms with E-state index in [0.29, 0.717) is 6.61 Å². The Bertz CT molecular complexity index is 608. The summed E-state index contributed by atoms with van der Waals surface area (Å²) in [5, 5.41) is 2.87. The number of hydrogen-bond donors (Lipinski definition) is 1. The summed E-state index contributed by atoms with van der Waals surface area (Å²) in [4.78, 5) is 11.9. The summed E-state index contributed by atoms with van der Waals surface area (Å²) in [5.41, 5.74) is 1.96. The summed E-state index contributed by atoms with van der Waals surface area (Å²) in [7, 11) is 0. The molecule has 0 radical (unpaired) electrons. The summed E-state index contributed by atoms with van der Waals surface area (Å²) in [6.45, 7) is 4.30. The smallest absolute Gasteiger partial charge is 0.224 e. The average Bonchev–Trinajstić information content (AvgIpc) is 2.49. The molecule has 116 valence electrons. The van der Waals surface area contributed by atoms with E-state index in [2.05, 4.69) is 5.32 Å². The van der Waals surface area contributed by atoms with E-state index in [-0.39, 0.29) is 24.2 Å². The van der Waals surface area contributed by atoms with Crippen LogP contribution in [0, 0.1) is 12.7 Å². The molecular weight excluding hydrogens is 281 g/mol. The van der Waals surface area contributed by atoms with Crippen LogP contribution in [0.2, 0.25) is 0 Å². The highest BCUT2D eigenvalue weighted by Crippen LogP contribution is 2.11. The Hall–Kier alpha value is -2.36. The predicted octanol–water partition coefficient (Wildman–Crippen LogP) is 3.26. The number of carbonyl (C=O) groups excluding carboxylic acids is 1. The van der Waals surface area contributed by atoms with Crippen LogP contribution in [0.5, 0.6) is 5.75 Å². The molecule has 0 aliphatic heterocycles. The average molecular weight is 301 g/mol. The van der Waals surface area contributed by atoms with Gasteiger partial charge in [-0.15, -0.1) is 0 Å². The number of carbonyl (C=O) groups is 1. The number of halogens is 1. The Morgan fingerprint density at radius 3 is 2.41 bits per heavy atom. The second-order valence-electron chi connectivity index (χ2n) is 5.40. The minimum Gasteiger partial charge on any atom is -0.491 e. The van der Waals surface area contributed by atoms with Crippen molar-refractivity contribution in [2.45, 2.75) is 26.3 Å². The van der Waals surface area contributed by atoms with Gasteiger partial charge in [-0.2, -0.15) is 0 Å². The highest BCUT2D eigenvalue weighted by atomic mass is 19.1.